The molecule has 0 bridgehead atoms. The smallest absolute Gasteiger partial charge is 0.410 e. The van der Waals surface area contributed by atoms with Crippen LogP contribution in [0.5, 0.6) is 0 Å². The van der Waals surface area contributed by atoms with E-state index >= 15 is 0 Å². The summed E-state index contributed by atoms with van der Waals surface area (Å²) < 4.78 is 17.3. The molecule has 0 spiro atoms. The van der Waals surface area contributed by atoms with E-state index in [0.29, 0.717) is 13.1 Å². The lowest BCUT2D eigenvalue weighted by Gasteiger charge is -2.25. The van der Waals surface area contributed by atoms with E-state index in [2.05, 4.69) is 0 Å². The Morgan fingerprint density at radius 3 is 2.22 bits per heavy atom. The molecule has 1 heterocycles. The molecule has 0 aliphatic carbocycles. The number of ether oxygens (including phenoxy) is 1. The summed E-state index contributed by atoms with van der Waals surface area (Å²) in [5, 5.41) is 0.0671. The zero-order chi connectivity index (χ0) is 14.1. The molecule has 1 unspecified atom stereocenters. The highest BCUT2D eigenvalue weighted by atomic mass is 32.2. The lowest BCUT2D eigenvalue weighted by molar-refractivity contribution is 0.0295. The summed E-state index contributed by atoms with van der Waals surface area (Å²) in [5.41, 5.74) is -0.474. The Hall–Kier alpha value is -0.580. The molecule has 1 amide bonds. The van der Waals surface area contributed by atoms with E-state index in [1.165, 1.54) is 0 Å². The Labute approximate surface area is 113 Å². The fourth-order valence-electron chi connectivity index (χ4n) is 1.90. The van der Waals surface area contributed by atoms with Gasteiger partial charge in [0.25, 0.3) is 0 Å². The van der Waals surface area contributed by atoms with E-state index in [9.17, 15) is 9.00 Å². The summed E-state index contributed by atoms with van der Waals surface area (Å²) >= 11 is 0. The highest BCUT2D eigenvalue weighted by Crippen LogP contribution is 2.24. The minimum atomic E-state index is -0.922. The van der Waals surface area contributed by atoms with Crippen molar-refractivity contribution in [3.05, 3.63) is 0 Å². The first-order valence-electron chi connectivity index (χ1n) is 6.39. The van der Waals surface area contributed by atoms with Gasteiger partial charge in [0, 0.05) is 28.6 Å². The van der Waals surface area contributed by atoms with Crippen molar-refractivity contribution < 1.29 is 13.7 Å². The summed E-state index contributed by atoms with van der Waals surface area (Å²) in [6.07, 6.45) is 0.499. The van der Waals surface area contributed by atoms with Crippen LogP contribution in [0.4, 0.5) is 4.79 Å². The van der Waals surface area contributed by atoms with Gasteiger partial charge in [-0.05, 0) is 48.0 Å². The number of hydrogen-bond donors (Lipinski definition) is 0. The van der Waals surface area contributed by atoms with Crippen molar-refractivity contribution in [1.82, 2.24) is 4.90 Å². The molecule has 0 radical (unpaired) electrons. The minimum Gasteiger partial charge on any atom is -0.444 e. The van der Waals surface area contributed by atoms with Crippen molar-refractivity contribution in [2.24, 2.45) is 0 Å². The zero-order valence-corrected chi connectivity index (χ0v) is 13.1. The fraction of sp³-hybridized carbons (Fsp3) is 0.923. The highest BCUT2D eigenvalue weighted by Gasteiger charge is 2.36. The molecule has 0 saturated carbocycles. The average Bonchev–Trinajstić information content (AvgIpc) is 2.60. The van der Waals surface area contributed by atoms with E-state index in [-0.39, 0.29) is 16.1 Å². The molecule has 1 rings (SSSR count). The summed E-state index contributed by atoms with van der Waals surface area (Å²) in [7, 11) is -0.922. The van der Waals surface area contributed by atoms with Gasteiger partial charge < -0.3 is 9.64 Å². The van der Waals surface area contributed by atoms with E-state index in [1.807, 2.05) is 41.5 Å². The molecule has 106 valence electrons. The third kappa shape index (κ3) is 4.26. The Kier molecular flexibility index (Phi) is 4.47. The van der Waals surface area contributed by atoms with Gasteiger partial charge in [-0.25, -0.2) is 4.79 Å². The monoisotopic (exact) mass is 275 g/mol. The van der Waals surface area contributed by atoms with Crippen LogP contribution in [0.25, 0.3) is 0 Å². The van der Waals surface area contributed by atoms with Crippen molar-refractivity contribution in [3.63, 3.8) is 0 Å². The Bertz CT molecular complexity index is 341. The first-order valence-corrected chi connectivity index (χ1v) is 7.60. The lowest BCUT2D eigenvalue weighted by Crippen LogP contribution is -2.38. The maximum atomic E-state index is 12.3. The number of hydrogen-bond acceptors (Lipinski definition) is 3. The van der Waals surface area contributed by atoms with Crippen LogP contribution in [0.1, 0.15) is 48.0 Å². The van der Waals surface area contributed by atoms with Crippen LogP contribution in [0, 0.1) is 0 Å². The quantitative estimate of drug-likeness (QED) is 0.739. The van der Waals surface area contributed by atoms with Gasteiger partial charge in [-0.15, -0.1) is 0 Å². The Morgan fingerprint density at radius 1 is 1.22 bits per heavy atom. The first kappa shape index (κ1) is 15.5. The van der Waals surface area contributed by atoms with Gasteiger partial charge in [-0.2, -0.15) is 0 Å². The summed E-state index contributed by atoms with van der Waals surface area (Å²) in [6, 6.07) is 0. The average molecular weight is 275 g/mol. The van der Waals surface area contributed by atoms with E-state index in [1.54, 1.807) is 4.90 Å². The topological polar surface area (TPSA) is 46.6 Å². The maximum Gasteiger partial charge on any atom is 0.410 e. The number of carbonyl (C=O) groups is 1. The number of nitrogens with zero attached hydrogens (tertiary/aromatic N) is 1. The standard InChI is InChI=1S/C13H25NO3S/c1-12(2,3)17-11(15)14-8-7-10(9-14)18(16)13(4,5)6/h10H,7-9H2,1-6H3/t10-,18?/m1/s1. The second-order valence-electron chi connectivity index (χ2n) is 6.75. The van der Waals surface area contributed by atoms with Crippen molar-refractivity contribution in [2.75, 3.05) is 13.1 Å². The fourth-order valence-corrected chi connectivity index (χ4v) is 3.53. The molecular formula is C13H25NO3S. The molecule has 1 aliphatic heterocycles. The van der Waals surface area contributed by atoms with Crippen molar-refractivity contribution in [1.29, 1.82) is 0 Å². The van der Waals surface area contributed by atoms with Crippen molar-refractivity contribution in [3.8, 4) is 0 Å². The molecule has 1 aliphatic rings. The molecule has 18 heavy (non-hydrogen) atoms. The highest BCUT2D eigenvalue weighted by molar-refractivity contribution is 7.87. The Balaban J connectivity index is 2.57. The number of carbonyl (C=O) groups excluding carboxylic acids is 1. The second kappa shape index (κ2) is 5.19. The summed E-state index contributed by atoms with van der Waals surface area (Å²) in [6.45, 7) is 12.7. The van der Waals surface area contributed by atoms with Gasteiger partial charge in [0.05, 0.1) is 5.25 Å². The normalized spacial score (nSPS) is 23.0. The van der Waals surface area contributed by atoms with Gasteiger partial charge in [-0.1, -0.05) is 0 Å². The Morgan fingerprint density at radius 2 is 1.78 bits per heavy atom. The van der Waals surface area contributed by atoms with Crippen LogP contribution in [-0.2, 0) is 15.5 Å². The molecule has 0 N–H and O–H groups in total. The zero-order valence-electron chi connectivity index (χ0n) is 12.3. The largest absolute Gasteiger partial charge is 0.444 e. The van der Waals surface area contributed by atoms with Gasteiger partial charge in [-0.3, -0.25) is 4.21 Å². The van der Waals surface area contributed by atoms with Gasteiger partial charge in [0.1, 0.15) is 5.60 Å². The van der Waals surface area contributed by atoms with Crippen LogP contribution in [0.15, 0.2) is 0 Å². The van der Waals surface area contributed by atoms with Gasteiger partial charge in [0.15, 0.2) is 0 Å². The van der Waals surface area contributed by atoms with Crippen LogP contribution in [0.3, 0.4) is 0 Å². The van der Waals surface area contributed by atoms with Gasteiger partial charge in [0.2, 0.25) is 0 Å². The predicted octanol–water partition coefficient (Wildman–Crippen LogP) is 2.54. The SMILES string of the molecule is CC(C)(C)OC(=O)N1CC[C@@H](S(=O)C(C)(C)C)C1. The van der Waals surface area contributed by atoms with E-state index in [0.717, 1.165) is 6.42 Å². The lowest BCUT2D eigenvalue weighted by atomic mass is 10.2. The van der Waals surface area contributed by atoms with Crippen LogP contribution in [0.2, 0.25) is 0 Å². The summed E-state index contributed by atoms with van der Waals surface area (Å²) in [4.78, 5) is 13.5. The third-order valence-electron chi connectivity index (χ3n) is 2.70. The minimum absolute atomic E-state index is 0.0671. The molecule has 5 heteroatoms. The molecule has 0 aromatic heterocycles. The first-order chi connectivity index (χ1) is 8.00. The molecule has 4 nitrogen and oxygen atoms in total. The molecule has 2 atom stereocenters. The van der Waals surface area contributed by atoms with Crippen LogP contribution < -0.4 is 0 Å². The second-order valence-corrected chi connectivity index (χ2v) is 9.23. The summed E-state index contributed by atoms with van der Waals surface area (Å²) in [5.74, 6) is 0. The van der Waals surface area contributed by atoms with Crippen molar-refractivity contribution in [2.45, 2.75) is 63.6 Å². The molecule has 0 aromatic carbocycles. The number of likely N-dealkylation sites (tertiary alicyclic amines) is 1. The predicted molar refractivity (Wildman–Crippen MR) is 74.1 cm³/mol. The number of rotatable bonds is 1. The number of amides is 1. The van der Waals surface area contributed by atoms with Gasteiger partial charge >= 0.3 is 6.09 Å². The molecule has 1 saturated heterocycles. The van der Waals surface area contributed by atoms with E-state index in [4.69, 9.17) is 4.74 Å². The third-order valence-corrected chi connectivity index (χ3v) is 4.90. The van der Waals surface area contributed by atoms with Crippen LogP contribution in [-0.4, -0.2) is 43.9 Å². The van der Waals surface area contributed by atoms with Crippen LogP contribution >= 0.6 is 0 Å². The van der Waals surface area contributed by atoms with E-state index < -0.39 is 16.4 Å². The molecule has 0 aromatic rings. The maximum absolute atomic E-state index is 12.3. The van der Waals surface area contributed by atoms with Crippen molar-refractivity contribution >= 4 is 16.9 Å². The molecule has 1 fully saturated rings. The molecular weight excluding hydrogens is 250 g/mol.